The predicted octanol–water partition coefficient (Wildman–Crippen LogP) is 3.83. The van der Waals surface area contributed by atoms with Gasteiger partial charge in [-0.05, 0) is 30.3 Å². The molecule has 1 atom stereocenters. The van der Waals surface area contributed by atoms with E-state index in [2.05, 4.69) is 5.32 Å². The molecule has 0 radical (unpaired) electrons. The van der Waals surface area contributed by atoms with Crippen molar-refractivity contribution in [1.29, 1.82) is 0 Å². The molecular formula is C18H18N2O3S. The van der Waals surface area contributed by atoms with Gasteiger partial charge in [-0.25, -0.2) is 4.79 Å². The topological polar surface area (TPSA) is 62.6 Å². The highest BCUT2D eigenvalue weighted by Crippen LogP contribution is 2.20. The van der Waals surface area contributed by atoms with Gasteiger partial charge in [0, 0.05) is 40.1 Å². The summed E-state index contributed by atoms with van der Waals surface area (Å²) in [6.45, 7) is 0.361. The second kappa shape index (κ2) is 6.88. The fraction of sp³-hybridized carbons (Fsp3) is 0.167. The molecule has 0 saturated heterocycles. The van der Waals surface area contributed by atoms with Crippen molar-refractivity contribution in [2.75, 3.05) is 18.6 Å². The highest BCUT2D eigenvalue weighted by atomic mass is 32.2. The standard InChI is InChI=1S/C18H18N2O3S/c1-20(12-15-10-13-6-3-4-9-17(13)23-15)18(21)19-14-7-5-8-16(11-14)24(2)22/h3-11H,12H2,1-2H3,(H,19,21)/t24-/m0/s1. The lowest BCUT2D eigenvalue weighted by Gasteiger charge is -2.16. The Labute approximate surface area is 142 Å². The van der Waals surface area contributed by atoms with Gasteiger partial charge in [0.05, 0.1) is 6.54 Å². The molecule has 0 aliphatic carbocycles. The molecule has 2 amide bonds. The number of benzene rings is 2. The summed E-state index contributed by atoms with van der Waals surface area (Å²) in [5.41, 5.74) is 1.42. The van der Waals surface area contributed by atoms with E-state index in [1.54, 1.807) is 37.6 Å². The maximum Gasteiger partial charge on any atom is 0.321 e. The van der Waals surface area contributed by atoms with Crippen molar-refractivity contribution in [2.45, 2.75) is 11.4 Å². The van der Waals surface area contributed by atoms with Crippen LogP contribution in [0, 0.1) is 0 Å². The van der Waals surface area contributed by atoms with E-state index in [1.807, 2.05) is 30.3 Å². The molecule has 0 spiro atoms. The second-order valence-corrected chi connectivity index (χ2v) is 6.90. The maximum absolute atomic E-state index is 12.3. The number of rotatable bonds is 4. The number of nitrogens with zero attached hydrogens (tertiary/aromatic N) is 1. The minimum Gasteiger partial charge on any atom is -0.459 e. The van der Waals surface area contributed by atoms with Gasteiger partial charge >= 0.3 is 6.03 Å². The van der Waals surface area contributed by atoms with Crippen LogP contribution in [0.3, 0.4) is 0 Å². The lowest BCUT2D eigenvalue weighted by Crippen LogP contribution is -2.30. The van der Waals surface area contributed by atoms with E-state index < -0.39 is 10.8 Å². The Bertz CT molecular complexity index is 871. The Hall–Kier alpha value is -2.60. The predicted molar refractivity (Wildman–Crippen MR) is 95.5 cm³/mol. The van der Waals surface area contributed by atoms with Crippen molar-refractivity contribution in [1.82, 2.24) is 4.90 Å². The Morgan fingerprint density at radius 1 is 1.17 bits per heavy atom. The van der Waals surface area contributed by atoms with Crippen LogP contribution in [-0.2, 0) is 17.3 Å². The van der Waals surface area contributed by atoms with Gasteiger partial charge in [0.15, 0.2) is 0 Å². The van der Waals surface area contributed by atoms with E-state index >= 15 is 0 Å². The number of hydrogen-bond acceptors (Lipinski definition) is 3. The van der Waals surface area contributed by atoms with Crippen molar-refractivity contribution in [3.63, 3.8) is 0 Å². The van der Waals surface area contributed by atoms with E-state index in [0.29, 0.717) is 17.1 Å². The Kier molecular flexibility index (Phi) is 4.66. The van der Waals surface area contributed by atoms with Crippen LogP contribution in [0.15, 0.2) is 63.9 Å². The van der Waals surface area contributed by atoms with Crippen molar-refractivity contribution in [3.8, 4) is 0 Å². The fourth-order valence-electron chi connectivity index (χ4n) is 2.39. The van der Waals surface area contributed by atoms with Gasteiger partial charge in [-0.2, -0.15) is 0 Å². The Morgan fingerprint density at radius 3 is 2.71 bits per heavy atom. The Balaban J connectivity index is 1.68. The van der Waals surface area contributed by atoms with Gasteiger partial charge in [-0.3, -0.25) is 4.21 Å². The number of fused-ring (bicyclic) bond motifs is 1. The first-order valence-corrected chi connectivity index (χ1v) is 9.02. The van der Waals surface area contributed by atoms with Crippen LogP contribution in [0.1, 0.15) is 5.76 Å². The lowest BCUT2D eigenvalue weighted by atomic mass is 10.2. The van der Waals surface area contributed by atoms with Crippen LogP contribution in [0.2, 0.25) is 0 Å². The summed E-state index contributed by atoms with van der Waals surface area (Å²) in [6, 6.07) is 16.4. The molecule has 0 fully saturated rings. The van der Waals surface area contributed by atoms with Gasteiger partial charge in [0.2, 0.25) is 0 Å². The monoisotopic (exact) mass is 342 g/mol. The number of carbonyl (C=O) groups excluding carboxylic acids is 1. The number of furan rings is 1. The highest BCUT2D eigenvalue weighted by Gasteiger charge is 2.12. The SMILES string of the molecule is CN(Cc1cc2ccccc2o1)C(=O)Nc1cccc([S@](C)=O)c1. The van der Waals surface area contributed by atoms with Crippen LogP contribution >= 0.6 is 0 Å². The smallest absolute Gasteiger partial charge is 0.321 e. The summed E-state index contributed by atoms with van der Waals surface area (Å²) in [5.74, 6) is 0.720. The number of urea groups is 1. The molecule has 24 heavy (non-hydrogen) atoms. The summed E-state index contributed by atoms with van der Waals surface area (Å²) in [7, 11) is 0.614. The molecule has 0 bridgehead atoms. The molecular weight excluding hydrogens is 324 g/mol. The first-order chi connectivity index (χ1) is 11.5. The first-order valence-electron chi connectivity index (χ1n) is 7.46. The molecule has 1 N–H and O–H groups in total. The quantitative estimate of drug-likeness (QED) is 0.784. The molecule has 2 aromatic carbocycles. The summed E-state index contributed by atoms with van der Waals surface area (Å²) >= 11 is 0. The van der Waals surface area contributed by atoms with Crippen LogP contribution in [0.5, 0.6) is 0 Å². The average Bonchev–Trinajstić information content (AvgIpc) is 2.97. The molecule has 0 saturated carbocycles. The molecule has 0 aliphatic heterocycles. The van der Waals surface area contributed by atoms with Crippen molar-refractivity contribution in [2.24, 2.45) is 0 Å². The molecule has 3 aromatic rings. The zero-order valence-electron chi connectivity index (χ0n) is 13.5. The largest absolute Gasteiger partial charge is 0.459 e. The summed E-state index contributed by atoms with van der Waals surface area (Å²) < 4.78 is 17.2. The van der Waals surface area contributed by atoms with Gasteiger partial charge in [0.25, 0.3) is 0 Å². The highest BCUT2D eigenvalue weighted by molar-refractivity contribution is 7.84. The van der Waals surface area contributed by atoms with Gasteiger partial charge < -0.3 is 14.6 Å². The van der Waals surface area contributed by atoms with E-state index in [4.69, 9.17) is 4.42 Å². The number of carbonyl (C=O) groups is 1. The lowest BCUT2D eigenvalue weighted by molar-refractivity contribution is 0.217. The van der Waals surface area contributed by atoms with Gasteiger partial charge in [-0.15, -0.1) is 0 Å². The molecule has 124 valence electrons. The minimum absolute atomic E-state index is 0.255. The summed E-state index contributed by atoms with van der Waals surface area (Å²) in [6.07, 6.45) is 1.61. The van der Waals surface area contributed by atoms with E-state index in [-0.39, 0.29) is 6.03 Å². The zero-order valence-corrected chi connectivity index (χ0v) is 14.3. The zero-order chi connectivity index (χ0) is 17.1. The van der Waals surface area contributed by atoms with Gasteiger partial charge in [0.1, 0.15) is 11.3 Å². The third-order valence-electron chi connectivity index (χ3n) is 3.63. The van der Waals surface area contributed by atoms with Gasteiger partial charge in [-0.1, -0.05) is 24.3 Å². The molecule has 3 rings (SSSR count). The average molecular weight is 342 g/mol. The normalized spacial score (nSPS) is 12.1. The number of amides is 2. The third-order valence-corrected chi connectivity index (χ3v) is 4.55. The van der Waals surface area contributed by atoms with Crippen LogP contribution < -0.4 is 5.32 Å². The first kappa shape index (κ1) is 16.3. The molecule has 1 heterocycles. The van der Waals surface area contributed by atoms with Crippen molar-refractivity contribution in [3.05, 3.63) is 60.4 Å². The van der Waals surface area contributed by atoms with E-state index in [0.717, 1.165) is 16.7 Å². The van der Waals surface area contributed by atoms with Crippen LogP contribution in [-0.4, -0.2) is 28.4 Å². The van der Waals surface area contributed by atoms with Crippen molar-refractivity contribution >= 4 is 33.5 Å². The summed E-state index contributed by atoms with van der Waals surface area (Å²) in [5, 5.41) is 3.82. The molecule has 5 nitrogen and oxygen atoms in total. The van der Waals surface area contributed by atoms with E-state index in [1.165, 1.54) is 4.90 Å². The van der Waals surface area contributed by atoms with E-state index in [9.17, 15) is 9.00 Å². The van der Waals surface area contributed by atoms with Crippen LogP contribution in [0.4, 0.5) is 10.5 Å². The van der Waals surface area contributed by atoms with Crippen LogP contribution in [0.25, 0.3) is 11.0 Å². The number of anilines is 1. The Morgan fingerprint density at radius 2 is 1.96 bits per heavy atom. The summed E-state index contributed by atoms with van der Waals surface area (Å²) in [4.78, 5) is 14.5. The molecule has 0 aliphatic rings. The molecule has 6 heteroatoms. The number of nitrogens with one attached hydrogen (secondary N) is 1. The third kappa shape index (κ3) is 3.65. The maximum atomic E-state index is 12.3. The molecule has 0 unspecified atom stereocenters. The fourth-order valence-corrected chi connectivity index (χ4v) is 2.96. The number of para-hydroxylation sites is 1. The second-order valence-electron chi connectivity index (χ2n) is 5.52. The minimum atomic E-state index is -1.09. The number of hydrogen-bond donors (Lipinski definition) is 1. The van der Waals surface area contributed by atoms with Crippen molar-refractivity contribution < 1.29 is 13.4 Å². The molecule has 1 aromatic heterocycles.